The van der Waals surface area contributed by atoms with Gasteiger partial charge in [-0.3, -0.25) is 14.3 Å². The Kier molecular flexibility index (Phi) is 8.38. The number of amides is 1. The fraction of sp³-hybridized carbons (Fsp3) is 0.258. The van der Waals surface area contributed by atoms with Crippen LogP contribution in [-0.4, -0.2) is 64.7 Å². The second kappa shape index (κ2) is 12.5. The number of aromatic nitrogens is 3. The molecular formula is C31H31ClN6O3S. The maximum Gasteiger partial charge on any atom is 0.262 e. The van der Waals surface area contributed by atoms with Crippen molar-refractivity contribution in [3.63, 3.8) is 0 Å². The molecule has 216 valence electrons. The first-order valence-corrected chi connectivity index (χ1v) is 15.0. The molecule has 1 atom stereocenters. The van der Waals surface area contributed by atoms with Gasteiger partial charge in [0.05, 0.1) is 24.2 Å². The average Bonchev–Trinajstić information content (AvgIpc) is 3.62. The predicted octanol–water partition coefficient (Wildman–Crippen LogP) is 5.79. The number of thiophene rings is 1. The molecule has 2 aromatic carbocycles. The number of ether oxygens (including phenoxy) is 2. The van der Waals surface area contributed by atoms with E-state index in [2.05, 4.69) is 26.3 Å². The minimum atomic E-state index is -0.550. The summed E-state index contributed by atoms with van der Waals surface area (Å²) in [4.78, 5) is 24.3. The first-order chi connectivity index (χ1) is 20.5. The molecule has 0 aliphatic carbocycles. The molecule has 5 aromatic rings. The molecule has 1 aliphatic rings. The Hall–Kier alpha value is -3.96. The van der Waals surface area contributed by atoms with Crippen LogP contribution in [0.3, 0.4) is 0 Å². The highest BCUT2D eigenvalue weighted by Crippen LogP contribution is 2.37. The van der Waals surface area contributed by atoms with Gasteiger partial charge in [0.25, 0.3) is 5.91 Å². The fourth-order valence-electron chi connectivity index (χ4n) is 5.00. The van der Waals surface area contributed by atoms with Crippen molar-refractivity contribution >= 4 is 45.7 Å². The standard InChI is InChI=1S/C31H31ClN6O3S/c1-20(23-4-2-3-5-24(23)32)41-27-17-29(42-30(27)31(33)39)38-19-36-25-16-21(6-8-26(25)38)22-7-9-28(35-18-22)34-10-11-37-12-14-40-15-13-37/h2-9,16-20H,10-15H2,1H3,(H2,33,39)(H,34,35)/t20-/m1/s1. The largest absolute Gasteiger partial charge is 0.484 e. The number of pyridine rings is 1. The lowest BCUT2D eigenvalue weighted by Gasteiger charge is -2.26. The fourth-order valence-corrected chi connectivity index (χ4v) is 6.22. The lowest BCUT2D eigenvalue weighted by molar-refractivity contribution is 0.0398. The zero-order valence-electron chi connectivity index (χ0n) is 23.1. The quantitative estimate of drug-likeness (QED) is 0.208. The molecule has 0 unspecified atom stereocenters. The molecule has 3 aromatic heterocycles. The molecule has 6 rings (SSSR count). The molecule has 0 radical (unpaired) electrons. The summed E-state index contributed by atoms with van der Waals surface area (Å²) in [5.41, 5.74) is 10.3. The summed E-state index contributed by atoms with van der Waals surface area (Å²) in [7, 11) is 0. The number of imidazole rings is 1. The van der Waals surface area contributed by atoms with Crippen LogP contribution < -0.4 is 15.8 Å². The van der Waals surface area contributed by atoms with Gasteiger partial charge in [-0.25, -0.2) is 9.97 Å². The summed E-state index contributed by atoms with van der Waals surface area (Å²) in [6.45, 7) is 7.24. The predicted molar refractivity (Wildman–Crippen MR) is 167 cm³/mol. The third-order valence-electron chi connectivity index (χ3n) is 7.28. The first kappa shape index (κ1) is 28.2. The smallest absolute Gasteiger partial charge is 0.262 e. The Labute approximate surface area is 252 Å². The molecule has 1 fully saturated rings. The number of nitrogens with two attached hydrogens (primary N) is 1. The van der Waals surface area contributed by atoms with Gasteiger partial charge in [0.1, 0.15) is 33.9 Å². The molecule has 1 aliphatic heterocycles. The highest BCUT2D eigenvalue weighted by atomic mass is 35.5. The van der Waals surface area contributed by atoms with Crippen LogP contribution in [0.4, 0.5) is 5.82 Å². The summed E-state index contributed by atoms with van der Waals surface area (Å²) < 4.78 is 13.5. The summed E-state index contributed by atoms with van der Waals surface area (Å²) in [5, 5.41) is 4.77. The molecule has 4 heterocycles. The van der Waals surface area contributed by atoms with Gasteiger partial charge in [0, 0.05) is 54.6 Å². The van der Waals surface area contributed by atoms with Crippen molar-refractivity contribution in [1.82, 2.24) is 19.4 Å². The maximum absolute atomic E-state index is 12.3. The van der Waals surface area contributed by atoms with Gasteiger partial charge >= 0.3 is 0 Å². The Morgan fingerprint density at radius 1 is 1.12 bits per heavy atom. The SMILES string of the molecule is C[C@@H](Oc1cc(-n2cnc3cc(-c4ccc(NCCN5CCOCC5)nc4)ccc32)sc1C(N)=O)c1ccccc1Cl. The number of nitrogens with zero attached hydrogens (tertiary/aromatic N) is 4. The number of primary amides is 1. The monoisotopic (exact) mass is 602 g/mol. The van der Waals surface area contributed by atoms with Crippen molar-refractivity contribution in [2.45, 2.75) is 13.0 Å². The number of hydrogen-bond acceptors (Lipinski definition) is 8. The number of carbonyl (C=O) groups is 1. The van der Waals surface area contributed by atoms with Gasteiger partial charge in [0.2, 0.25) is 0 Å². The van der Waals surface area contributed by atoms with Crippen LogP contribution in [0.1, 0.15) is 28.3 Å². The number of rotatable bonds is 10. The van der Waals surface area contributed by atoms with Gasteiger partial charge in [-0.05, 0) is 42.8 Å². The number of carbonyl (C=O) groups excluding carboxylic acids is 1. The van der Waals surface area contributed by atoms with Gasteiger partial charge in [0.15, 0.2) is 0 Å². The van der Waals surface area contributed by atoms with Gasteiger partial charge in [-0.15, -0.1) is 11.3 Å². The van der Waals surface area contributed by atoms with E-state index >= 15 is 0 Å². The lowest BCUT2D eigenvalue weighted by atomic mass is 10.1. The highest BCUT2D eigenvalue weighted by Gasteiger charge is 2.21. The molecule has 1 saturated heterocycles. The zero-order chi connectivity index (χ0) is 29.1. The van der Waals surface area contributed by atoms with E-state index in [1.165, 1.54) is 11.3 Å². The molecule has 0 bridgehead atoms. The maximum atomic E-state index is 12.3. The number of benzene rings is 2. The third kappa shape index (κ3) is 6.12. The normalized spacial score (nSPS) is 14.6. The average molecular weight is 603 g/mol. The van der Waals surface area contributed by atoms with E-state index in [-0.39, 0.29) is 6.10 Å². The van der Waals surface area contributed by atoms with E-state index in [1.807, 2.05) is 72.3 Å². The highest BCUT2D eigenvalue weighted by molar-refractivity contribution is 7.16. The van der Waals surface area contributed by atoms with Gasteiger partial charge in [-0.2, -0.15) is 0 Å². The molecule has 3 N–H and O–H groups in total. The number of hydrogen-bond donors (Lipinski definition) is 2. The number of fused-ring (bicyclic) bond motifs is 1. The van der Waals surface area contributed by atoms with E-state index in [1.54, 1.807) is 6.33 Å². The topological polar surface area (TPSA) is 108 Å². The van der Waals surface area contributed by atoms with Gasteiger partial charge < -0.3 is 20.5 Å². The van der Waals surface area contributed by atoms with Crippen molar-refractivity contribution in [2.75, 3.05) is 44.7 Å². The molecule has 0 saturated carbocycles. The van der Waals surface area contributed by atoms with Crippen LogP contribution in [0.2, 0.25) is 5.02 Å². The van der Waals surface area contributed by atoms with Crippen molar-refractivity contribution < 1.29 is 14.3 Å². The van der Waals surface area contributed by atoms with Crippen LogP contribution in [0.25, 0.3) is 27.2 Å². The minimum Gasteiger partial charge on any atom is -0.484 e. The molecule has 0 spiro atoms. The van der Waals surface area contributed by atoms with E-state index in [0.29, 0.717) is 15.6 Å². The second-order valence-corrected chi connectivity index (χ2v) is 11.5. The Morgan fingerprint density at radius 2 is 1.93 bits per heavy atom. The molecule has 9 nitrogen and oxygen atoms in total. The summed E-state index contributed by atoms with van der Waals surface area (Å²) >= 11 is 7.62. The van der Waals surface area contributed by atoms with Crippen molar-refractivity contribution in [3.8, 4) is 21.9 Å². The van der Waals surface area contributed by atoms with Crippen LogP contribution in [-0.2, 0) is 4.74 Å². The van der Waals surface area contributed by atoms with Gasteiger partial charge in [-0.1, -0.05) is 35.9 Å². The van der Waals surface area contributed by atoms with Crippen LogP contribution in [0.15, 0.2) is 73.2 Å². The van der Waals surface area contributed by atoms with Crippen molar-refractivity contribution in [1.29, 1.82) is 0 Å². The minimum absolute atomic E-state index is 0.340. The second-order valence-electron chi connectivity index (χ2n) is 10.1. The Bertz CT molecular complexity index is 1700. The zero-order valence-corrected chi connectivity index (χ0v) is 24.7. The van der Waals surface area contributed by atoms with Crippen LogP contribution in [0.5, 0.6) is 5.75 Å². The van der Waals surface area contributed by atoms with Crippen LogP contribution >= 0.6 is 22.9 Å². The molecule has 42 heavy (non-hydrogen) atoms. The van der Waals surface area contributed by atoms with E-state index in [9.17, 15) is 4.79 Å². The summed E-state index contributed by atoms with van der Waals surface area (Å²) in [6, 6.07) is 19.5. The summed E-state index contributed by atoms with van der Waals surface area (Å²) in [6.07, 6.45) is 3.24. The number of halogens is 1. The Morgan fingerprint density at radius 3 is 2.69 bits per heavy atom. The van der Waals surface area contributed by atoms with Crippen molar-refractivity contribution in [2.24, 2.45) is 5.73 Å². The van der Waals surface area contributed by atoms with E-state index in [0.717, 1.165) is 77.9 Å². The molecule has 1 amide bonds. The lowest BCUT2D eigenvalue weighted by Crippen LogP contribution is -2.39. The molecular weight excluding hydrogens is 572 g/mol. The first-order valence-electron chi connectivity index (χ1n) is 13.8. The number of anilines is 1. The third-order valence-corrected chi connectivity index (χ3v) is 8.75. The van der Waals surface area contributed by atoms with E-state index < -0.39 is 5.91 Å². The number of nitrogens with one attached hydrogen (secondary N) is 1. The van der Waals surface area contributed by atoms with Crippen molar-refractivity contribution in [3.05, 3.63) is 88.7 Å². The number of morpholine rings is 1. The van der Waals surface area contributed by atoms with Crippen LogP contribution in [0, 0.1) is 0 Å². The molecule has 11 heteroatoms. The Balaban J connectivity index is 1.18. The van der Waals surface area contributed by atoms with E-state index in [4.69, 9.17) is 26.8 Å². The summed E-state index contributed by atoms with van der Waals surface area (Å²) in [5.74, 6) is 0.714.